The normalized spacial score (nSPS) is 17.8. The third-order valence-corrected chi connectivity index (χ3v) is 5.56. The minimum absolute atomic E-state index is 0.194. The first-order valence-corrected chi connectivity index (χ1v) is 9.08. The first-order chi connectivity index (χ1) is 9.80. The van der Waals surface area contributed by atoms with E-state index in [0.29, 0.717) is 5.41 Å². The van der Waals surface area contributed by atoms with Crippen LogP contribution in [0.2, 0.25) is 0 Å². The van der Waals surface area contributed by atoms with Crippen LogP contribution in [0.5, 0.6) is 0 Å². The van der Waals surface area contributed by atoms with E-state index in [2.05, 4.69) is 60.5 Å². The van der Waals surface area contributed by atoms with Gasteiger partial charge in [0.15, 0.2) is 0 Å². The Bertz CT molecular complexity index is 481. The van der Waals surface area contributed by atoms with Crippen molar-refractivity contribution in [3.63, 3.8) is 0 Å². The van der Waals surface area contributed by atoms with E-state index in [1.807, 2.05) is 0 Å². The van der Waals surface area contributed by atoms with Gasteiger partial charge in [-0.15, -0.1) is 0 Å². The second-order valence-electron chi connectivity index (χ2n) is 7.51. The van der Waals surface area contributed by atoms with E-state index in [9.17, 15) is 0 Å². The lowest BCUT2D eigenvalue weighted by molar-refractivity contribution is 0.115. The fourth-order valence-electron chi connectivity index (χ4n) is 3.09. The highest BCUT2D eigenvalue weighted by molar-refractivity contribution is 9.10. The average molecular weight is 356 g/mol. The van der Waals surface area contributed by atoms with Crippen LogP contribution in [0.15, 0.2) is 4.47 Å². The molecule has 1 aliphatic carbocycles. The Hall–Kier alpha value is -0.350. The van der Waals surface area contributed by atoms with Crippen LogP contribution in [0.4, 0.5) is 0 Å². The Kier molecular flexibility index (Phi) is 5.19. The van der Waals surface area contributed by atoms with Gasteiger partial charge in [-0.3, -0.25) is 4.68 Å². The van der Waals surface area contributed by atoms with Gasteiger partial charge in [0.1, 0.15) is 0 Å². The molecule has 1 N–H and O–H groups in total. The van der Waals surface area contributed by atoms with E-state index in [4.69, 9.17) is 5.10 Å². The Morgan fingerprint density at radius 3 is 2.38 bits per heavy atom. The maximum Gasteiger partial charge on any atom is 0.0766 e. The number of hydrogen-bond acceptors (Lipinski definition) is 2. The molecule has 0 aliphatic heterocycles. The Morgan fingerprint density at radius 1 is 1.29 bits per heavy atom. The van der Waals surface area contributed by atoms with Crippen LogP contribution in [-0.2, 0) is 19.4 Å². The van der Waals surface area contributed by atoms with Crippen molar-refractivity contribution in [3.8, 4) is 0 Å². The second-order valence-corrected chi connectivity index (χ2v) is 8.30. The van der Waals surface area contributed by atoms with E-state index in [0.717, 1.165) is 25.9 Å². The molecule has 0 atom stereocenters. The quantitative estimate of drug-likeness (QED) is 0.822. The molecule has 4 heteroatoms. The lowest BCUT2D eigenvalue weighted by Crippen LogP contribution is -2.48. The van der Waals surface area contributed by atoms with Crippen molar-refractivity contribution < 1.29 is 0 Å². The Morgan fingerprint density at radius 2 is 1.95 bits per heavy atom. The zero-order valence-electron chi connectivity index (χ0n) is 14.2. The van der Waals surface area contributed by atoms with Gasteiger partial charge < -0.3 is 5.32 Å². The molecule has 3 nitrogen and oxygen atoms in total. The van der Waals surface area contributed by atoms with Crippen molar-refractivity contribution in [1.29, 1.82) is 0 Å². The number of halogens is 1. The van der Waals surface area contributed by atoms with Crippen LogP contribution in [0.3, 0.4) is 0 Å². The van der Waals surface area contributed by atoms with E-state index in [-0.39, 0.29) is 5.54 Å². The molecule has 21 heavy (non-hydrogen) atoms. The van der Waals surface area contributed by atoms with Crippen LogP contribution in [-0.4, -0.2) is 21.9 Å². The average Bonchev–Trinajstić information content (AvgIpc) is 2.67. The van der Waals surface area contributed by atoms with E-state index in [1.54, 1.807) is 0 Å². The molecular weight excluding hydrogens is 326 g/mol. The SMILES string of the molecule is CCc1nn(CC)c(CC2(CNC(C)(C)C)CCC2)c1Br. The summed E-state index contributed by atoms with van der Waals surface area (Å²) in [6.45, 7) is 13.2. The summed E-state index contributed by atoms with van der Waals surface area (Å²) in [5.41, 5.74) is 3.21. The first kappa shape index (κ1) is 17.0. The smallest absolute Gasteiger partial charge is 0.0766 e. The number of aromatic nitrogens is 2. The largest absolute Gasteiger partial charge is 0.312 e. The summed E-state index contributed by atoms with van der Waals surface area (Å²) in [5.74, 6) is 0. The molecule has 0 bridgehead atoms. The lowest BCUT2D eigenvalue weighted by Gasteiger charge is -2.44. The molecule has 0 aromatic carbocycles. The highest BCUT2D eigenvalue weighted by Crippen LogP contribution is 2.44. The van der Waals surface area contributed by atoms with Crippen molar-refractivity contribution in [2.45, 2.75) is 78.8 Å². The predicted molar refractivity (Wildman–Crippen MR) is 92.7 cm³/mol. The standard InChI is InChI=1S/C17H30BrN3/c1-6-13-15(18)14(21(7-2)20-13)11-17(9-8-10-17)12-19-16(3,4)5/h19H,6-12H2,1-5H3. The van der Waals surface area contributed by atoms with Crippen LogP contribution >= 0.6 is 15.9 Å². The van der Waals surface area contributed by atoms with Crippen molar-refractivity contribution in [2.75, 3.05) is 6.54 Å². The summed E-state index contributed by atoms with van der Waals surface area (Å²) < 4.78 is 3.44. The fourth-order valence-corrected chi connectivity index (χ4v) is 3.79. The van der Waals surface area contributed by atoms with Gasteiger partial charge in [0.05, 0.1) is 15.9 Å². The number of nitrogens with one attached hydrogen (secondary N) is 1. The molecule has 1 heterocycles. The van der Waals surface area contributed by atoms with Gasteiger partial charge in [0.2, 0.25) is 0 Å². The maximum absolute atomic E-state index is 4.75. The molecule has 1 aliphatic rings. The van der Waals surface area contributed by atoms with Crippen LogP contribution in [0.1, 0.15) is 65.3 Å². The third kappa shape index (κ3) is 3.89. The summed E-state index contributed by atoms with van der Waals surface area (Å²) in [7, 11) is 0. The molecule has 1 fully saturated rings. The summed E-state index contributed by atoms with van der Waals surface area (Å²) in [6, 6.07) is 0. The topological polar surface area (TPSA) is 29.9 Å². The summed E-state index contributed by atoms with van der Waals surface area (Å²) >= 11 is 3.80. The van der Waals surface area contributed by atoms with Gasteiger partial charge in [0.25, 0.3) is 0 Å². The molecule has 0 spiro atoms. The predicted octanol–water partition coefficient (Wildman–Crippen LogP) is 4.33. The number of rotatable bonds is 6. The highest BCUT2D eigenvalue weighted by Gasteiger charge is 2.39. The molecule has 0 amide bonds. The molecule has 0 unspecified atom stereocenters. The van der Waals surface area contributed by atoms with Gasteiger partial charge >= 0.3 is 0 Å². The monoisotopic (exact) mass is 355 g/mol. The minimum atomic E-state index is 0.194. The molecule has 1 aromatic heterocycles. The third-order valence-electron chi connectivity index (χ3n) is 4.64. The summed E-state index contributed by atoms with van der Waals surface area (Å²) in [5, 5.41) is 8.47. The highest BCUT2D eigenvalue weighted by atomic mass is 79.9. The van der Waals surface area contributed by atoms with Crippen molar-refractivity contribution >= 4 is 15.9 Å². The number of nitrogens with zero attached hydrogens (tertiary/aromatic N) is 2. The lowest BCUT2D eigenvalue weighted by atomic mass is 9.65. The second kappa shape index (κ2) is 6.41. The minimum Gasteiger partial charge on any atom is -0.312 e. The maximum atomic E-state index is 4.75. The summed E-state index contributed by atoms with van der Waals surface area (Å²) in [6.07, 6.45) is 6.16. The Balaban J connectivity index is 2.17. The number of aryl methyl sites for hydroxylation is 2. The van der Waals surface area contributed by atoms with E-state index in [1.165, 1.54) is 35.1 Å². The molecule has 0 saturated heterocycles. The van der Waals surface area contributed by atoms with Gasteiger partial charge in [0, 0.05) is 18.6 Å². The van der Waals surface area contributed by atoms with Crippen molar-refractivity contribution in [3.05, 3.63) is 15.9 Å². The van der Waals surface area contributed by atoms with Crippen LogP contribution in [0, 0.1) is 5.41 Å². The van der Waals surface area contributed by atoms with E-state index >= 15 is 0 Å². The fraction of sp³-hybridized carbons (Fsp3) is 0.824. The molecule has 1 saturated carbocycles. The first-order valence-electron chi connectivity index (χ1n) is 8.29. The number of hydrogen-bond donors (Lipinski definition) is 1. The molecule has 0 radical (unpaired) electrons. The van der Waals surface area contributed by atoms with Gasteiger partial charge in [-0.05, 0) is 74.7 Å². The van der Waals surface area contributed by atoms with Crippen molar-refractivity contribution in [2.24, 2.45) is 5.41 Å². The van der Waals surface area contributed by atoms with Gasteiger partial charge in [-0.2, -0.15) is 5.10 Å². The molecule has 2 rings (SSSR count). The molecular formula is C17H30BrN3. The van der Waals surface area contributed by atoms with Gasteiger partial charge in [-0.25, -0.2) is 0 Å². The molecule has 120 valence electrons. The van der Waals surface area contributed by atoms with Crippen molar-refractivity contribution in [1.82, 2.24) is 15.1 Å². The van der Waals surface area contributed by atoms with Crippen LogP contribution in [0.25, 0.3) is 0 Å². The van der Waals surface area contributed by atoms with Gasteiger partial charge in [-0.1, -0.05) is 13.3 Å². The Labute approximate surface area is 138 Å². The van der Waals surface area contributed by atoms with E-state index < -0.39 is 0 Å². The van der Waals surface area contributed by atoms with Crippen LogP contribution < -0.4 is 5.32 Å². The summed E-state index contributed by atoms with van der Waals surface area (Å²) in [4.78, 5) is 0. The zero-order chi connectivity index (χ0) is 15.7. The molecule has 1 aromatic rings. The zero-order valence-corrected chi connectivity index (χ0v) is 15.8.